The van der Waals surface area contributed by atoms with Crippen molar-refractivity contribution in [2.45, 2.75) is 96.3 Å². The van der Waals surface area contributed by atoms with E-state index in [1.165, 1.54) is 29.8 Å². The normalized spacial score (nSPS) is 12.2. The predicted molar refractivity (Wildman–Crippen MR) is 499 cm³/mol. The van der Waals surface area contributed by atoms with Crippen LogP contribution in [0.1, 0.15) is 86.5 Å². The average Bonchev–Trinajstić information content (AvgIpc) is 1.76. The molecular weight excluding hydrogens is 1670 g/mol. The topological polar surface area (TPSA) is 220 Å². The maximum Gasteiger partial charge on any atom is 0.230 e. The first kappa shape index (κ1) is 83.8. The summed E-state index contributed by atoms with van der Waals surface area (Å²) >= 11 is 6.19. The van der Waals surface area contributed by atoms with Crippen LogP contribution < -0.4 is 21.3 Å². The Hall–Kier alpha value is -14.0. The van der Waals surface area contributed by atoms with Crippen LogP contribution in [0.15, 0.2) is 276 Å². The summed E-state index contributed by atoms with van der Waals surface area (Å²) < 4.78 is 54.8. The zero-order chi connectivity index (χ0) is 86.7. The maximum atomic E-state index is 13.8. The van der Waals surface area contributed by atoms with Crippen molar-refractivity contribution in [1.82, 2.24) is 39.9 Å². The van der Waals surface area contributed by atoms with Gasteiger partial charge in [-0.25, -0.2) is 57.4 Å². The number of aromatic nitrogens is 8. The van der Waals surface area contributed by atoms with Crippen LogP contribution in [0.4, 0.5) is 40.8 Å². The van der Waals surface area contributed by atoms with E-state index in [0.29, 0.717) is 117 Å². The molecule has 24 heteroatoms. The highest BCUT2D eigenvalue weighted by Gasteiger charge is 2.30. The number of nitrogens with one attached hydrogen (secondary N) is 4. The van der Waals surface area contributed by atoms with Crippen molar-refractivity contribution < 1.29 is 36.7 Å². The molecule has 127 heavy (non-hydrogen) atoms. The van der Waals surface area contributed by atoms with Crippen molar-refractivity contribution in [3.05, 3.63) is 367 Å². The molecule has 17 aromatic rings. The van der Waals surface area contributed by atoms with Crippen LogP contribution in [-0.4, -0.2) is 63.5 Å². The number of amides is 4. The van der Waals surface area contributed by atoms with Gasteiger partial charge in [-0.1, -0.05) is 158 Å². The Morgan fingerprint density at radius 2 is 0.583 bits per heavy atom. The molecule has 4 aliphatic rings. The zero-order valence-electron chi connectivity index (χ0n) is 68.5. The summed E-state index contributed by atoms with van der Waals surface area (Å²) in [5.74, 6) is 0.549. The number of fused-ring (bicyclic) bond motifs is 13. The Bertz CT molecular complexity index is 6910. The molecule has 0 saturated carbocycles. The van der Waals surface area contributed by atoms with Gasteiger partial charge in [-0.3, -0.25) is 19.2 Å². The van der Waals surface area contributed by atoms with E-state index < -0.39 is 0 Å². The molecule has 0 fully saturated rings. The second-order valence-corrected chi connectivity index (χ2v) is 34.8. The van der Waals surface area contributed by atoms with Gasteiger partial charge in [0.15, 0.2) is 23.3 Å². The molecule has 0 saturated heterocycles. The number of benzene rings is 9. The number of hydrogen-bond acceptors (Lipinski definition) is 16. The molecule has 8 aromatic heterocycles. The van der Waals surface area contributed by atoms with Gasteiger partial charge in [0.2, 0.25) is 23.6 Å². The Labute approximate surface area is 746 Å². The summed E-state index contributed by atoms with van der Waals surface area (Å²) in [6.45, 7) is 0. The molecule has 9 aromatic carbocycles. The summed E-state index contributed by atoms with van der Waals surface area (Å²) in [7, 11) is 0. The summed E-state index contributed by atoms with van der Waals surface area (Å²) in [5, 5.41) is 22.1. The molecule has 4 N–H and O–H groups in total. The third kappa shape index (κ3) is 19.9. The number of carbonyl (C=O) groups is 4. The van der Waals surface area contributed by atoms with E-state index in [1.807, 2.05) is 185 Å². The summed E-state index contributed by atoms with van der Waals surface area (Å²) in [6, 6.07) is 78.8. The maximum absolute atomic E-state index is 13.8. The SMILES string of the molecule is O=C(CCCc1ccccc1)Nc1nc2c(nc1-c1cccs1)-c1ccc(F)cc1CC2.O=C(CCc1ccccc1)Nc1nc2c(nc1-c1cccs1)-c1ccc(F)cc1CC2.O=C(Cc1ccc2ccccc2c1)Nc1nc2c(nc1-c1cccs1)-c1ccc(F)cc1CC2.O=C(Cc1ccccc1)Nc1nc2c(nc1-c1cccs1)-c1ccc(F)cc1CC2. The summed E-state index contributed by atoms with van der Waals surface area (Å²) in [4.78, 5) is 93.8. The van der Waals surface area contributed by atoms with Gasteiger partial charge < -0.3 is 21.3 Å². The highest BCUT2D eigenvalue weighted by atomic mass is 32.1. The van der Waals surface area contributed by atoms with E-state index in [-0.39, 0.29) is 59.7 Å². The predicted octanol–water partition coefficient (Wildman–Crippen LogP) is 23.5. The first-order valence-electron chi connectivity index (χ1n) is 41.9. The fraction of sp³-hybridized carbons (Fsp3) is 0.146. The fourth-order valence-electron chi connectivity index (χ4n) is 16.2. The number of halogens is 4. The minimum absolute atomic E-state index is 0.0636. The molecular formula is C103H80F4N12O4S4. The number of nitrogens with zero attached hydrogens (tertiary/aromatic N) is 8. The molecule has 8 heterocycles. The van der Waals surface area contributed by atoms with E-state index >= 15 is 0 Å². The summed E-state index contributed by atoms with van der Waals surface area (Å²) in [5.41, 5.74) is 20.6. The third-order valence-corrected chi connectivity index (χ3v) is 25.8. The van der Waals surface area contributed by atoms with Crippen molar-refractivity contribution in [1.29, 1.82) is 0 Å². The Balaban J connectivity index is 0.000000115. The first-order chi connectivity index (χ1) is 62.1. The zero-order valence-corrected chi connectivity index (χ0v) is 71.8. The molecule has 0 radical (unpaired) electrons. The number of rotatable bonds is 19. The van der Waals surface area contributed by atoms with Crippen LogP contribution in [-0.2, 0) is 96.2 Å². The largest absolute Gasteiger partial charge is 0.309 e. The molecule has 0 spiro atoms. The van der Waals surface area contributed by atoms with Crippen LogP contribution in [0.3, 0.4) is 0 Å². The average molecular weight is 1750 g/mol. The van der Waals surface area contributed by atoms with Gasteiger partial charge in [0.1, 0.15) is 46.0 Å². The van der Waals surface area contributed by atoms with Gasteiger partial charge in [-0.15, -0.1) is 45.3 Å². The lowest BCUT2D eigenvalue weighted by molar-refractivity contribution is -0.117. The lowest BCUT2D eigenvalue weighted by Crippen LogP contribution is -2.18. The molecule has 0 atom stereocenters. The second kappa shape index (κ2) is 38.6. The van der Waals surface area contributed by atoms with Crippen molar-refractivity contribution >= 4 is 103 Å². The molecule has 4 aliphatic carbocycles. The van der Waals surface area contributed by atoms with Crippen LogP contribution in [0.5, 0.6) is 0 Å². The molecule has 0 unspecified atom stereocenters. The van der Waals surface area contributed by atoms with Crippen LogP contribution in [0.25, 0.3) is 98.1 Å². The number of anilines is 4. The van der Waals surface area contributed by atoms with Crippen LogP contribution >= 0.6 is 45.3 Å². The molecule has 0 bridgehead atoms. The van der Waals surface area contributed by atoms with E-state index in [9.17, 15) is 36.7 Å². The fourth-order valence-corrected chi connectivity index (χ4v) is 19.1. The number of hydrogen-bond donors (Lipinski definition) is 4. The van der Waals surface area contributed by atoms with Crippen molar-refractivity contribution in [2.24, 2.45) is 0 Å². The third-order valence-electron chi connectivity index (χ3n) is 22.3. The Morgan fingerprint density at radius 1 is 0.268 bits per heavy atom. The van der Waals surface area contributed by atoms with Crippen LogP contribution in [0, 0.1) is 23.3 Å². The van der Waals surface area contributed by atoms with E-state index in [1.54, 1.807) is 93.9 Å². The van der Waals surface area contributed by atoms with Gasteiger partial charge >= 0.3 is 0 Å². The minimum Gasteiger partial charge on any atom is -0.309 e. The smallest absolute Gasteiger partial charge is 0.230 e. The Kier molecular flexibility index (Phi) is 25.5. The van der Waals surface area contributed by atoms with Crippen molar-refractivity contribution in [3.8, 4) is 87.3 Å². The van der Waals surface area contributed by atoms with Gasteiger partial charge in [0.25, 0.3) is 0 Å². The molecule has 4 amide bonds. The lowest BCUT2D eigenvalue weighted by atomic mass is 9.91. The van der Waals surface area contributed by atoms with E-state index in [0.717, 1.165) is 150 Å². The van der Waals surface area contributed by atoms with Crippen molar-refractivity contribution in [2.75, 3.05) is 21.3 Å². The summed E-state index contributed by atoms with van der Waals surface area (Å²) in [6.07, 6.45) is 9.03. The molecule has 628 valence electrons. The van der Waals surface area contributed by atoms with Crippen molar-refractivity contribution in [3.63, 3.8) is 0 Å². The van der Waals surface area contributed by atoms with Crippen LogP contribution in [0.2, 0.25) is 0 Å². The Morgan fingerprint density at radius 3 is 0.937 bits per heavy atom. The monoisotopic (exact) mass is 1750 g/mol. The lowest BCUT2D eigenvalue weighted by Gasteiger charge is -2.20. The molecule has 21 rings (SSSR count). The number of aryl methyl sites for hydroxylation is 10. The highest BCUT2D eigenvalue weighted by molar-refractivity contribution is 7.14. The number of carbonyl (C=O) groups excluding carboxylic acids is 4. The van der Waals surface area contributed by atoms with Gasteiger partial charge in [-0.2, -0.15) is 0 Å². The minimum atomic E-state index is -0.244. The first-order valence-corrected chi connectivity index (χ1v) is 45.4. The highest BCUT2D eigenvalue weighted by Crippen LogP contribution is 2.43. The number of thiophene rings is 4. The van der Waals surface area contributed by atoms with Gasteiger partial charge in [-0.05, 0) is 244 Å². The standard InChI is InChI=1S/C28H20FN3OS.C26H22FN3OS.C25H20FN3OS.C24H18FN3OS/c29-21-10-11-22-20(16-21)9-12-23-26(22)32-27(24-6-3-13-34-24)28(30-23)31-25(33)15-17-7-8-18-4-1-2-5-19(18)14-17;27-19-12-13-20-18(16-19)11-14-21-24(20)30-25(22-9-5-15-32-22)26(28-21)29-23(31)10-4-8-17-6-2-1-3-7-17;26-18-10-11-19-17(15-18)9-12-20-23(19)29-24(21-7-4-14-31-21)25(27-20)28-22(30)13-8-16-5-2-1-3-6-16;25-17-9-10-18-16(14-17)8-11-19-22(18)28-23(20-7-4-12-30-20)24(26-19)27-21(29)13-15-5-2-1-3-6-15/h1-8,10-11,13-14,16H,9,12,15H2,(H,30,31,33);1-3,5-7,9,12-13,15-16H,4,8,10-11,14H2,(H,28,29,31);1-7,10-11,14-15H,8-9,12-13H2,(H,27,28,30);1-7,9-10,12,14H,8,11,13H2,(H,26,27,29). The van der Waals surface area contributed by atoms with Gasteiger partial charge in [0.05, 0.1) is 77.9 Å². The van der Waals surface area contributed by atoms with E-state index in [4.69, 9.17) is 39.9 Å². The van der Waals surface area contributed by atoms with E-state index in [2.05, 4.69) is 39.5 Å². The van der Waals surface area contributed by atoms with Gasteiger partial charge in [0, 0.05) is 35.1 Å². The molecule has 0 aliphatic heterocycles. The molecule has 16 nitrogen and oxygen atoms in total. The quantitative estimate of drug-likeness (QED) is 0.0556. The second-order valence-electron chi connectivity index (χ2n) is 31.0.